The Labute approximate surface area is 89.1 Å². The van der Waals surface area contributed by atoms with Gasteiger partial charge in [-0.3, -0.25) is 4.90 Å². The second-order valence-electron chi connectivity index (χ2n) is 5.82. The van der Waals surface area contributed by atoms with E-state index in [1.807, 2.05) is 0 Å². The summed E-state index contributed by atoms with van der Waals surface area (Å²) in [4.78, 5) is 2.62. The van der Waals surface area contributed by atoms with E-state index in [-0.39, 0.29) is 0 Å². The van der Waals surface area contributed by atoms with Crippen LogP contribution in [0.4, 0.5) is 0 Å². The SMILES string of the molecule is CC1CNC(C)CCN(C(C)(C)C)C1. The average molecular weight is 198 g/mol. The Bertz CT molecular complexity index is 172. The van der Waals surface area contributed by atoms with Crippen molar-refractivity contribution in [3.8, 4) is 0 Å². The number of hydrogen-bond donors (Lipinski definition) is 1. The lowest BCUT2D eigenvalue weighted by atomic mass is 10.00. The molecule has 2 atom stereocenters. The van der Waals surface area contributed by atoms with Gasteiger partial charge in [-0.15, -0.1) is 0 Å². The molecule has 1 N–H and O–H groups in total. The van der Waals surface area contributed by atoms with E-state index in [2.05, 4.69) is 44.8 Å². The van der Waals surface area contributed by atoms with Gasteiger partial charge in [-0.05, 0) is 46.6 Å². The molecule has 84 valence electrons. The summed E-state index contributed by atoms with van der Waals surface area (Å²) in [5.41, 5.74) is 0.325. The molecule has 1 rings (SSSR count). The Hall–Kier alpha value is -0.0800. The number of rotatable bonds is 0. The fourth-order valence-electron chi connectivity index (χ4n) is 2.00. The van der Waals surface area contributed by atoms with Crippen LogP contribution in [0.5, 0.6) is 0 Å². The molecule has 1 heterocycles. The quantitative estimate of drug-likeness (QED) is 0.641. The van der Waals surface area contributed by atoms with Crippen molar-refractivity contribution in [3.63, 3.8) is 0 Å². The van der Waals surface area contributed by atoms with E-state index in [4.69, 9.17) is 0 Å². The van der Waals surface area contributed by atoms with Gasteiger partial charge in [-0.1, -0.05) is 6.92 Å². The van der Waals surface area contributed by atoms with Crippen LogP contribution >= 0.6 is 0 Å². The van der Waals surface area contributed by atoms with Crippen molar-refractivity contribution in [2.75, 3.05) is 19.6 Å². The number of nitrogens with zero attached hydrogens (tertiary/aromatic N) is 1. The first kappa shape index (κ1) is 12.0. The van der Waals surface area contributed by atoms with Crippen molar-refractivity contribution in [1.29, 1.82) is 0 Å². The maximum Gasteiger partial charge on any atom is 0.0125 e. The minimum Gasteiger partial charge on any atom is -0.314 e. The highest BCUT2D eigenvalue weighted by atomic mass is 15.2. The molecule has 0 aromatic heterocycles. The van der Waals surface area contributed by atoms with Crippen LogP contribution in [0, 0.1) is 5.92 Å². The van der Waals surface area contributed by atoms with Gasteiger partial charge in [-0.25, -0.2) is 0 Å². The smallest absolute Gasteiger partial charge is 0.0125 e. The summed E-state index contributed by atoms with van der Waals surface area (Å²) in [6.07, 6.45) is 1.27. The van der Waals surface area contributed by atoms with Gasteiger partial charge in [0.15, 0.2) is 0 Å². The maximum atomic E-state index is 3.58. The Balaban J connectivity index is 2.57. The lowest BCUT2D eigenvalue weighted by Gasteiger charge is -2.40. The maximum absolute atomic E-state index is 3.58. The molecule has 14 heavy (non-hydrogen) atoms. The van der Waals surface area contributed by atoms with E-state index in [1.54, 1.807) is 0 Å². The molecular formula is C12H26N2. The second-order valence-corrected chi connectivity index (χ2v) is 5.82. The Morgan fingerprint density at radius 2 is 1.86 bits per heavy atom. The minimum absolute atomic E-state index is 0.325. The summed E-state index contributed by atoms with van der Waals surface area (Å²) in [7, 11) is 0. The normalized spacial score (nSPS) is 32.4. The molecule has 0 bridgehead atoms. The van der Waals surface area contributed by atoms with Gasteiger partial charge in [0.2, 0.25) is 0 Å². The van der Waals surface area contributed by atoms with Gasteiger partial charge in [0, 0.05) is 24.7 Å². The predicted molar refractivity (Wildman–Crippen MR) is 62.6 cm³/mol. The van der Waals surface area contributed by atoms with Gasteiger partial charge in [0.25, 0.3) is 0 Å². The van der Waals surface area contributed by atoms with Crippen molar-refractivity contribution >= 4 is 0 Å². The predicted octanol–water partition coefficient (Wildman–Crippen LogP) is 2.10. The first-order chi connectivity index (χ1) is 6.39. The van der Waals surface area contributed by atoms with Crippen LogP contribution in [0.15, 0.2) is 0 Å². The van der Waals surface area contributed by atoms with Crippen molar-refractivity contribution in [2.45, 2.75) is 52.6 Å². The highest BCUT2D eigenvalue weighted by molar-refractivity contribution is 4.81. The van der Waals surface area contributed by atoms with Crippen LogP contribution in [-0.4, -0.2) is 36.1 Å². The second kappa shape index (κ2) is 4.63. The molecule has 2 nitrogen and oxygen atoms in total. The Morgan fingerprint density at radius 1 is 1.21 bits per heavy atom. The topological polar surface area (TPSA) is 15.3 Å². The Kier molecular flexibility index (Phi) is 3.96. The third kappa shape index (κ3) is 3.58. The van der Waals surface area contributed by atoms with Crippen molar-refractivity contribution in [3.05, 3.63) is 0 Å². The zero-order valence-corrected chi connectivity index (χ0v) is 10.4. The molecule has 1 saturated heterocycles. The number of nitrogens with one attached hydrogen (secondary N) is 1. The minimum atomic E-state index is 0.325. The molecule has 0 aromatic carbocycles. The summed E-state index contributed by atoms with van der Waals surface area (Å²) in [6.45, 7) is 15.2. The van der Waals surface area contributed by atoms with E-state index in [0.717, 1.165) is 12.5 Å². The largest absolute Gasteiger partial charge is 0.314 e. The highest BCUT2D eigenvalue weighted by Gasteiger charge is 2.24. The van der Waals surface area contributed by atoms with Crippen LogP contribution in [0.25, 0.3) is 0 Å². The van der Waals surface area contributed by atoms with E-state index < -0.39 is 0 Å². The molecule has 1 fully saturated rings. The van der Waals surface area contributed by atoms with Gasteiger partial charge < -0.3 is 5.32 Å². The molecular weight excluding hydrogens is 172 g/mol. The molecule has 0 aromatic rings. The summed E-state index contributed by atoms with van der Waals surface area (Å²) in [5, 5.41) is 3.58. The van der Waals surface area contributed by atoms with Crippen molar-refractivity contribution in [1.82, 2.24) is 10.2 Å². The van der Waals surface area contributed by atoms with Gasteiger partial charge >= 0.3 is 0 Å². The van der Waals surface area contributed by atoms with E-state index in [9.17, 15) is 0 Å². The van der Waals surface area contributed by atoms with E-state index in [1.165, 1.54) is 19.5 Å². The molecule has 1 aliphatic heterocycles. The lowest BCUT2D eigenvalue weighted by Crippen LogP contribution is -2.49. The Morgan fingerprint density at radius 3 is 2.43 bits per heavy atom. The van der Waals surface area contributed by atoms with Crippen LogP contribution in [0.3, 0.4) is 0 Å². The standard InChI is InChI=1S/C12H26N2/c1-10-8-13-11(2)6-7-14(9-10)12(3,4)5/h10-11,13H,6-9H2,1-5H3. The third-order valence-corrected chi connectivity index (χ3v) is 3.13. The zero-order chi connectivity index (χ0) is 10.8. The van der Waals surface area contributed by atoms with Crippen molar-refractivity contribution < 1.29 is 0 Å². The summed E-state index contributed by atoms with van der Waals surface area (Å²) >= 11 is 0. The zero-order valence-electron chi connectivity index (χ0n) is 10.4. The lowest BCUT2D eigenvalue weighted by molar-refractivity contribution is 0.0999. The number of hydrogen-bond acceptors (Lipinski definition) is 2. The van der Waals surface area contributed by atoms with E-state index in [0.29, 0.717) is 11.6 Å². The molecule has 0 radical (unpaired) electrons. The first-order valence-electron chi connectivity index (χ1n) is 5.88. The summed E-state index contributed by atoms with van der Waals surface area (Å²) in [5.74, 6) is 0.761. The first-order valence-corrected chi connectivity index (χ1v) is 5.88. The average Bonchev–Trinajstić information content (AvgIpc) is 2.03. The summed E-state index contributed by atoms with van der Waals surface area (Å²) < 4.78 is 0. The third-order valence-electron chi connectivity index (χ3n) is 3.13. The molecule has 0 aliphatic carbocycles. The van der Waals surface area contributed by atoms with Crippen molar-refractivity contribution in [2.24, 2.45) is 5.92 Å². The highest BCUT2D eigenvalue weighted by Crippen LogP contribution is 2.17. The molecule has 2 heteroatoms. The van der Waals surface area contributed by atoms with Crippen LogP contribution in [0.1, 0.15) is 41.0 Å². The summed E-state index contributed by atoms with van der Waals surface area (Å²) in [6, 6.07) is 0.669. The fourth-order valence-corrected chi connectivity index (χ4v) is 2.00. The molecule has 0 saturated carbocycles. The fraction of sp³-hybridized carbons (Fsp3) is 1.00. The molecule has 0 spiro atoms. The van der Waals surface area contributed by atoms with Gasteiger partial charge in [-0.2, -0.15) is 0 Å². The monoisotopic (exact) mass is 198 g/mol. The van der Waals surface area contributed by atoms with E-state index >= 15 is 0 Å². The van der Waals surface area contributed by atoms with Crippen LogP contribution in [-0.2, 0) is 0 Å². The molecule has 1 aliphatic rings. The molecule has 0 amide bonds. The molecule has 2 unspecified atom stereocenters. The van der Waals surface area contributed by atoms with Gasteiger partial charge in [0.1, 0.15) is 0 Å². The van der Waals surface area contributed by atoms with Crippen LogP contribution in [0.2, 0.25) is 0 Å². The van der Waals surface area contributed by atoms with Crippen LogP contribution < -0.4 is 5.32 Å². The van der Waals surface area contributed by atoms with Gasteiger partial charge in [0.05, 0.1) is 0 Å².